The van der Waals surface area contributed by atoms with E-state index in [9.17, 15) is 5.11 Å². The van der Waals surface area contributed by atoms with Gasteiger partial charge in [0.25, 0.3) is 0 Å². The maximum Gasteiger partial charge on any atom is 0.120 e. The molecule has 3 heteroatoms. The monoisotopic (exact) mass is 223 g/mol. The van der Waals surface area contributed by atoms with Crippen molar-refractivity contribution in [1.82, 2.24) is 5.32 Å². The van der Waals surface area contributed by atoms with E-state index in [1.54, 1.807) is 6.26 Å². The van der Waals surface area contributed by atoms with E-state index < -0.39 is 0 Å². The highest BCUT2D eigenvalue weighted by atomic mass is 16.3. The Labute approximate surface area is 96.8 Å². The summed E-state index contributed by atoms with van der Waals surface area (Å²) in [4.78, 5) is 0. The first kappa shape index (κ1) is 11.7. The van der Waals surface area contributed by atoms with Crippen molar-refractivity contribution >= 4 is 0 Å². The van der Waals surface area contributed by atoms with E-state index in [1.165, 1.54) is 0 Å². The summed E-state index contributed by atoms with van der Waals surface area (Å²) in [6.07, 6.45) is 5.87. The zero-order chi connectivity index (χ0) is 11.4. The molecule has 3 unspecified atom stereocenters. The molecule has 1 fully saturated rings. The smallest absolute Gasteiger partial charge is 0.120 e. The highest BCUT2D eigenvalue weighted by molar-refractivity contribution is 5.04. The summed E-state index contributed by atoms with van der Waals surface area (Å²) < 4.78 is 5.40. The fourth-order valence-corrected chi connectivity index (χ4v) is 2.48. The van der Waals surface area contributed by atoms with Crippen LogP contribution in [0.4, 0.5) is 0 Å². The van der Waals surface area contributed by atoms with Crippen molar-refractivity contribution < 1.29 is 9.52 Å². The zero-order valence-electron chi connectivity index (χ0n) is 9.86. The van der Waals surface area contributed by atoms with Crippen molar-refractivity contribution in [3.05, 3.63) is 24.2 Å². The molecule has 0 aromatic carbocycles. The summed E-state index contributed by atoms with van der Waals surface area (Å²) >= 11 is 0. The molecular formula is C13H21NO2. The minimum Gasteiger partial charge on any atom is -0.468 e. The Hall–Kier alpha value is -0.800. The average molecular weight is 223 g/mol. The van der Waals surface area contributed by atoms with Crippen LogP contribution in [-0.2, 0) is 0 Å². The second kappa shape index (κ2) is 5.51. The maximum atomic E-state index is 9.74. The average Bonchev–Trinajstić information content (AvgIpc) is 2.92. The van der Waals surface area contributed by atoms with Gasteiger partial charge in [-0.15, -0.1) is 0 Å². The van der Waals surface area contributed by atoms with Gasteiger partial charge in [0.15, 0.2) is 0 Å². The van der Waals surface area contributed by atoms with Gasteiger partial charge in [0.05, 0.1) is 18.4 Å². The first-order chi connectivity index (χ1) is 7.81. The number of hydrogen-bond acceptors (Lipinski definition) is 3. The molecule has 0 amide bonds. The molecule has 2 N–H and O–H groups in total. The number of rotatable bonds is 5. The van der Waals surface area contributed by atoms with Crippen LogP contribution < -0.4 is 5.32 Å². The standard InChI is InChI=1S/C13H21NO2/c1-2-11(13-7-4-8-16-13)14-9-10-5-3-6-12(10)15/h4,7-8,10-12,14-15H,2-3,5-6,9H2,1H3. The van der Waals surface area contributed by atoms with Crippen LogP contribution in [0.3, 0.4) is 0 Å². The Kier molecular flexibility index (Phi) is 4.02. The zero-order valence-corrected chi connectivity index (χ0v) is 9.86. The van der Waals surface area contributed by atoms with E-state index in [1.807, 2.05) is 12.1 Å². The SMILES string of the molecule is CCC(NCC1CCCC1O)c1ccco1. The second-order valence-corrected chi connectivity index (χ2v) is 4.64. The van der Waals surface area contributed by atoms with Crippen LogP contribution in [0, 0.1) is 5.92 Å². The van der Waals surface area contributed by atoms with E-state index in [0.29, 0.717) is 5.92 Å². The van der Waals surface area contributed by atoms with Crippen molar-refractivity contribution in [3.8, 4) is 0 Å². The lowest BCUT2D eigenvalue weighted by atomic mass is 10.0. The molecule has 1 heterocycles. The van der Waals surface area contributed by atoms with Crippen molar-refractivity contribution in [2.24, 2.45) is 5.92 Å². The summed E-state index contributed by atoms with van der Waals surface area (Å²) in [6, 6.07) is 4.21. The van der Waals surface area contributed by atoms with E-state index in [2.05, 4.69) is 12.2 Å². The molecule has 3 nitrogen and oxygen atoms in total. The van der Waals surface area contributed by atoms with Crippen LogP contribution in [0.15, 0.2) is 22.8 Å². The van der Waals surface area contributed by atoms with Gasteiger partial charge in [-0.1, -0.05) is 13.3 Å². The van der Waals surface area contributed by atoms with Crippen LogP contribution in [0.2, 0.25) is 0 Å². The largest absolute Gasteiger partial charge is 0.468 e. The van der Waals surface area contributed by atoms with E-state index >= 15 is 0 Å². The van der Waals surface area contributed by atoms with Gasteiger partial charge in [-0.05, 0) is 37.3 Å². The number of aliphatic hydroxyl groups is 1. The molecule has 0 radical (unpaired) electrons. The fraction of sp³-hybridized carbons (Fsp3) is 0.692. The molecule has 1 aliphatic rings. The molecule has 2 rings (SSSR count). The van der Waals surface area contributed by atoms with Gasteiger partial charge < -0.3 is 14.8 Å². The molecule has 0 bridgehead atoms. The number of furan rings is 1. The lowest BCUT2D eigenvalue weighted by Gasteiger charge is -2.20. The molecule has 90 valence electrons. The van der Waals surface area contributed by atoms with Crippen LogP contribution in [0.5, 0.6) is 0 Å². The first-order valence-corrected chi connectivity index (χ1v) is 6.26. The van der Waals surface area contributed by atoms with Crippen molar-refractivity contribution in [3.63, 3.8) is 0 Å². The van der Waals surface area contributed by atoms with Gasteiger partial charge in [0, 0.05) is 6.54 Å². The minimum absolute atomic E-state index is 0.110. The number of aliphatic hydroxyl groups excluding tert-OH is 1. The maximum absolute atomic E-state index is 9.74. The summed E-state index contributed by atoms with van der Waals surface area (Å²) in [5.41, 5.74) is 0. The molecule has 0 saturated heterocycles. The quantitative estimate of drug-likeness (QED) is 0.806. The van der Waals surface area contributed by atoms with Crippen LogP contribution >= 0.6 is 0 Å². The molecule has 1 aliphatic carbocycles. The van der Waals surface area contributed by atoms with Gasteiger partial charge in [-0.25, -0.2) is 0 Å². The molecular weight excluding hydrogens is 202 g/mol. The fourth-order valence-electron chi connectivity index (χ4n) is 2.48. The van der Waals surface area contributed by atoms with Crippen LogP contribution in [0.1, 0.15) is 44.4 Å². The van der Waals surface area contributed by atoms with Crippen LogP contribution in [-0.4, -0.2) is 17.8 Å². The molecule has 1 aromatic heterocycles. The summed E-state index contributed by atoms with van der Waals surface area (Å²) in [5, 5.41) is 13.2. The third kappa shape index (κ3) is 2.66. The lowest BCUT2D eigenvalue weighted by molar-refractivity contribution is 0.129. The summed E-state index contributed by atoms with van der Waals surface area (Å²) in [7, 11) is 0. The number of nitrogens with one attached hydrogen (secondary N) is 1. The van der Waals surface area contributed by atoms with E-state index in [-0.39, 0.29) is 12.1 Å². The second-order valence-electron chi connectivity index (χ2n) is 4.64. The Morgan fingerprint density at radius 3 is 3.00 bits per heavy atom. The Bertz CT molecular complexity index is 297. The predicted octanol–water partition coefficient (Wildman–Crippen LogP) is 2.48. The number of hydrogen-bond donors (Lipinski definition) is 2. The van der Waals surface area contributed by atoms with Crippen molar-refractivity contribution in [2.75, 3.05) is 6.54 Å². The Balaban J connectivity index is 1.83. The van der Waals surface area contributed by atoms with Gasteiger partial charge in [0.2, 0.25) is 0 Å². The van der Waals surface area contributed by atoms with E-state index in [0.717, 1.165) is 38.0 Å². The summed E-state index contributed by atoms with van der Waals surface area (Å²) in [5.74, 6) is 1.42. The van der Waals surface area contributed by atoms with Gasteiger partial charge in [0.1, 0.15) is 5.76 Å². The highest BCUT2D eigenvalue weighted by Gasteiger charge is 2.25. The third-order valence-electron chi connectivity index (χ3n) is 3.54. The minimum atomic E-state index is -0.110. The summed E-state index contributed by atoms with van der Waals surface area (Å²) in [6.45, 7) is 3.03. The molecule has 1 saturated carbocycles. The lowest BCUT2D eigenvalue weighted by Crippen LogP contribution is -2.30. The Morgan fingerprint density at radius 1 is 1.56 bits per heavy atom. The molecule has 0 aliphatic heterocycles. The van der Waals surface area contributed by atoms with Gasteiger partial charge >= 0.3 is 0 Å². The molecule has 1 aromatic rings. The molecule has 16 heavy (non-hydrogen) atoms. The first-order valence-electron chi connectivity index (χ1n) is 6.26. The normalized spacial score (nSPS) is 27.1. The topological polar surface area (TPSA) is 45.4 Å². The van der Waals surface area contributed by atoms with Crippen molar-refractivity contribution in [1.29, 1.82) is 0 Å². The van der Waals surface area contributed by atoms with Gasteiger partial charge in [-0.2, -0.15) is 0 Å². The van der Waals surface area contributed by atoms with E-state index in [4.69, 9.17) is 4.42 Å². The molecule has 3 atom stereocenters. The third-order valence-corrected chi connectivity index (χ3v) is 3.54. The van der Waals surface area contributed by atoms with Gasteiger partial charge in [-0.3, -0.25) is 0 Å². The van der Waals surface area contributed by atoms with Crippen molar-refractivity contribution in [2.45, 2.75) is 44.8 Å². The Morgan fingerprint density at radius 2 is 2.44 bits per heavy atom. The predicted molar refractivity (Wildman–Crippen MR) is 63.1 cm³/mol. The highest BCUT2D eigenvalue weighted by Crippen LogP contribution is 2.26. The molecule has 0 spiro atoms. The van der Waals surface area contributed by atoms with Crippen LogP contribution in [0.25, 0.3) is 0 Å².